The second kappa shape index (κ2) is 8.23. The third kappa shape index (κ3) is 3.91. The van der Waals surface area contributed by atoms with E-state index >= 15 is 0 Å². The van der Waals surface area contributed by atoms with Crippen LogP contribution in [-0.2, 0) is 4.74 Å². The highest BCUT2D eigenvalue weighted by Gasteiger charge is 2.25. The van der Waals surface area contributed by atoms with Crippen molar-refractivity contribution < 1.29 is 23.5 Å². The quantitative estimate of drug-likeness (QED) is 0.467. The van der Waals surface area contributed by atoms with Crippen LogP contribution in [-0.4, -0.2) is 38.9 Å². The minimum Gasteiger partial charge on any atom is -0.453 e. The minimum absolute atomic E-state index is 0.0117. The molecule has 7 nitrogen and oxygen atoms in total. The average molecular weight is 432 g/mol. The maximum Gasteiger partial charge on any atom is 0.343 e. The largest absolute Gasteiger partial charge is 0.453 e. The zero-order chi connectivity index (χ0) is 22.2. The van der Waals surface area contributed by atoms with Crippen molar-refractivity contribution in [3.05, 3.63) is 69.0 Å². The number of hydrogen-bond acceptors (Lipinski definition) is 5. The fraction of sp³-hybridized carbons (Fsp3) is 0.238. The molecule has 3 rings (SSSR count). The van der Waals surface area contributed by atoms with E-state index in [1.54, 1.807) is 20.8 Å². The highest BCUT2D eigenvalue weighted by molar-refractivity contribution is 6.33. The fourth-order valence-electron chi connectivity index (χ4n) is 3.32. The molecule has 2 heterocycles. The van der Waals surface area contributed by atoms with E-state index in [0.29, 0.717) is 28.2 Å². The summed E-state index contributed by atoms with van der Waals surface area (Å²) in [6.07, 6.45) is 0. The number of esters is 1. The number of ketones is 2. The lowest BCUT2D eigenvalue weighted by Gasteiger charge is -2.05. The first-order valence-corrected chi connectivity index (χ1v) is 9.41. The van der Waals surface area contributed by atoms with Crippen molar-refractivity contribution >= 4 is 29.1 Å². The average Bonchev–Trinajstić information content (AvgIpc) is 3.15. The highest BCUT2D eigenvalue weighted by atomic mass is 35.5. The van der Waals surface area contributed by atoms with E-state index in [9.17, 15) is 18.8 Å². The molecule has 0 fully saturated rings. The SMILES string of the molecule is CC(=O)c1c(C)[nH]c(C(=O)COC(=O)c2c(C)nn(-c3ccc(F)cc3)c2Cl)c1C. The molecule has 2 aromatic heterocycles. The van der Waals surface area contributed by atoms with Crippen molar-refractivity contribution in [2.45, 2.75) is 27.7 Å². The molecule has 0 unspecified atom stereocenters. The van der Waals surface area contributed by atoms with E-state index in [1.807, 2.05) is 0 Å². The van der Waals surface area contributed by atoms with E-state index < -0.39 is 24.2 Å². The van der Waals surface area contributed by atoms with Gasteiger partial charge in [0.25, 0.3) is 0 Å². The number of Topliss-reactive ketones (excluding diaryl/α,β-unsaturated/α-hetero) is 2. The second-order valence-corrected chi connectivity index (χ2v) is 7.18. The van der Waals surface area contributed by atoms with Gasteiger partial charge in [-0.1, -0.05) is 11.6 Å². The summed E-state index contributed by atoms with van der Waals surface area (Å²) in [4.78, 5) is 39.7. The molecule has 0 atom stereocenters. The van der Waals surface area contributed by atoms with Gasteiger partial charge in [0.15, 0.2) is 12.4 Å². The number of nitrogens with one attached hydrogen (secondary N) is 1. The summed E-state index contributed by atoms with van der Waals surface area (Å²) >= 11 is 6.29. The van der Waals surface area contributed by atoms with E-state index in [-0.39, 0.29) is 22.2 Å². The summed E-state index contributed by atoms with van der Waals surface area (Å²) in [7, 11) is 0. The van der Waals surface area contributed by atoms with Gasteiger partial charge in [-0.05, 0) is 57.5 Å². The van der Waals surface area contributed by atoms with Crippen molar-refractivity contribution in [2.24, 2.45) is 0 Å². The van der Waals surface area contributed by atoms with Gasteiger partial charge in [-0.15, -0.1) is 0 Å². The Labute approximate surface area is 176 Å². The van der Waals surface area contributed by atoms with E-state index in [2.05, 4.69) is 10.1 Å². The molecule has 0 amide bonds. The Morgan fingerprint density at radius 1 is 1.13 bits per heavy atom. The van der Waals surface area contributed by atoms with Gasteiger partial charge >= 0.3 is 5.97 Å². The Morgan fingerprint density at radius 2 is 1.77 bits per heavy atom. The van der Waals surface area contributed by atoms with Crippen LogP contribution < -0.4 is 0 Å². The van der Waals surface area contributed by atoms with Crippen molar-refractivity contribution in [2.75, 3.05) is 6.61 Å². The predicted molar refractivity (Wildman–Crippen MR) is 108 cm³/mol. The van der Waals surface area contributed by atoms with Crippen LogP contribution in [0.5, 0.6) is 0 Å². The molecule has 3 aromatic rings. The van der Waals surface area contributed by atoms with E-state index in [0.717, 1.165) is 0 Å². The molecule has 0 saturated carbocycles. The first kappa shape index (κ1) is 21.4. The minimum atomic E-state index is -0.813. The second-order valence-electron chi connectivity index (χ2n) is 6.82. The maximum absolute atomic E-state index is 13.1. The highest BCUT2D eigenvalue weighted by Crippen LogP contribution is 2.25. The molecular weight excluding hydrogens is 413 g/mol. The van der Waals surface area contributed by atoms with Crippen LogP contribution in [0.3, 0.4) is 0 Å². The molecule has 0 aliphatic heterocycles. The first-order chi connectivity index (χ1) is 14.1. The normalized spacial score (nSPS) is 10.9. The summed E-state index contributed by atoms with van der Waals surface area (Å²) in [5.74, 6) is -1.87. The number of ether oxygens (including phenoxy) is 1. The summed E-state index contributed by atoms with van der Waals surface area (Å²) in [5, 5.41) is 4.19. The lowest BCUT2D eigenvalue weighted by Crippen LogP contribution is -2.16. The zero-order valence-electron chi connectivity index (χ0n) is 16.8. The first-order valence-electron chi connectivity index (χ1n) is 9.03. The number of rotatable bonds is 6. The van der Waals surface area contributed by atoms with Gasteiger partial charge in [0.05, 0.1) is 17.1 Å². The van der Waals surface area contributed by atoms with Crippen LogP contribution >= 0.6 is 11.6 Å². The van der Waals surface area contributed by atoms with Crippen LogP contribution in [0.1, 0.15) is 55.1 Å². The van der Waals surface area contributed by atoms with Crippen LogP contribution in [0.2, 0.25) is 5.15 Å². The number of benzene rings is 1. The fourth-order valence-corrected chi connectivity index (χ4v) is 3.67. The Kier molecular flexibility index (Phi) is 5.89. The number of nitrogens with zero attached hydrogens (tertiary/aromatic N) is 2. The standard InChI is InChI=1S/C21H19ClFN3O4/c1-10-17(13(4)27)11(2)24-19(10)16(28)9-30-21(29)18-12(3)25-26(20(18)22)15-7-5-14(23)6-8-15/h5-8,24H,9H2,1-4H3. The molecule has 1 aromatic carbocycles. The zero-order valence-corrected chi connectivity index (χ0v) is 17.6. The molecule has 0 bridgehead atoms. The number of carbonyl (C=O) groups excluding carboxylic acids is 3. The number of hydrogen-bond donors (Lipinski definition) is 1. The number of aromatic nitrogens is 3. The Bertz CT molecular complexity index is 1160. The third-order valence-corrected chi connectivity index (χ3v) is 5.03. The Morgan fingerprint density at radius 3 is 2.33 bits per heavy atom. The van der Waals surface area contributed by atoms with E-state index in [4.69, 9.17) is 16.3 Å². The number of halogens is 2. The number of aryl methyl sites for hydroxylation is 2. The van der Waals surface area contributed by atoms with Crippen LogP contribution in [0, 0.1) is 26.6 Å². The van der Waals surface area contributed by atoms with Crippen molar-refractivity contribution in [1.29, 1.82) is 0 Å². The molecule has 1 N–H and O–H groups in total. The number of aromatic amines is 1. The van der Waals surface area contributed by atoms with Gasteiger partial charge < -0.3 is 9.72 Å². The summed E-state index contributed by atoms with van der Waals surface area (Å²) < 4.78 is 19.6. The summed E-state index contributed by atoms with van der Waals surface area (Å²) in [6.45, 7) is 5.81. The smallest absolute Gasteiger partial charge is 0.343 e. The monoisotopic (exact) mass is 431 g/mol. The van der Waals surface area contributed by atoms with Gasteiger partial charge in [-0.25, -0.2) is 13.9 Å². The molecule has 0 spiro atoms. The maximum atomic E-state index is 13.1. The lowest BCUT2D eigenvalue weighted by atomic mass is 10.1. The summed E-state index contributed by atoms with van der Waals surface area (Å²) in [6, 6.07) is 5.43. The van der Waals surface area contributed by atoms with E-state index in [1.165, 1.54) is 35.9 Å². The van der Waals surface area contributed by atoms with Crippen LogP contribution in [0.25, 0.3) is 5.69 Å². The van der Waals surface area contributed by atoms with Crippen molar-refractivity contribution in [3.63, 3.8) is 0 Å². The topological polar surface area (TPSA) is 94.0 Å². The molecule has 0 radical (unpaired) electrons. The molecule has 156 valence electrons. The van der Waals surface area contributed by atoms with Gasteiger partial charge in [0, 0.05) is 11.3 Å². The number of H-pyrrole nitrogens is 1. The van der Waals surface area contributed by atoms with Gasteiger partial charge in [-0.2, -0.15) is 5.10 Å². The lowest BCUT2D eigenvalue weighted by molar-refractivity contribution is 0.0472. The molecule has 0 aliphatic carbocycles. The third-order valence-electron chi connectivity index (χ3n) is 4.68. The van der Waals surface area contributed by atoms with Crippen LogP contribution in [0.4, 0.5) is 4.39 Å². The Hall–Kier alpha value is -3.26. The van der Waals surface area contributed by atoms with Crippen molar-refractivity contribution in [3.8, 4) is 5.69 Å². The molecule has 9 heteroatoms. The predicted octanol–water partition coefficient (Wildman–Crippen LogP) is 4.16. The van der Waals surface area contributed by atoms with Crippen LogP contribution in [0.15, 0.2) is 24.3 Å². The summed E-state index contributed by atoms with van der Waals surface area (Å²) in [5.41, 5.74) is 2.53. The Balaban J connectivity index is 1.79. The molecular formula is C21H19ClFN3O4. The molecule has 30 heavy (non-hydrogen) atoms. The number of carbonyl (C=O) groups is 3. The van der Waals surface area contributed by atoms with Crippen molar-refractivity contribution in [1.82, 2.24) is 14.8 Å². The molecule has 0 saturated heterocycles. The van der Waals surface area contributed by atoms with Gasteiger partial charge in [0.1, 0.15) is 16.5 Å². The molecule has 0 aliphatic rings. The van der Waals surface area contributed by atoms with Gasteiger partial charge in [-0.3, -0.25) is 9.59 Å². The van der Waals surface area contributed by atoms with Gasteiger partial charge in [0.2, 0.25) is 5.78 Å².